The smallest absolute Gasteiger partial charge is 0.186 e. The average molecular weight is 221 g/mol. The summed E-state index contributed by atoms with van der Waals surface area (Å²) in [4.78, 5) is 0. The van der Waals surface area contributed by atoms with Gasteiger partial charge >= 0.3 is 0 Å². The second-order valence-corrected chi connectivity index (χ2v) is 3.27. The lowest BCUT2D eigenvalue weighted by molar-refractivity contribution is -0.0465. The fraction of sp³-hybridized carbons (Fsp3) is 0.333. The van der Waals surface area contributed by atoms with E-state index in [2.05, 4.69) is 0 Å². The van der Waals surface area contributed by atoms with Crippen molar-refractivity contribution in [2.45, 2.75) is 6.29 Å². The third-order valence-corrected chi connectivity index (χ3v) is 2.20. The Balaban J connectivity index is 2.37. The molecule has 0 aromatic heterocycles. The van der Waals surface area contributed by atoms with Gasteiger partial charge in [-0.25, -0.2) is 8.78 Å². The average Bonchev–Trinajstić information content (AvgIpc) is 2.64. The van der Waals surface area contributed by atoms with E-state index < -0.39 is 17.9 Å². The van der Waals surface area contributed by atoms with Crippen LogP contribution >= 0.6 is 11.6 Å². The molecule has 1 aromatic carbocycles. The molecule has 1 heterocycles. The lowest BCUT2D eigenvalue weighted by atomic mass is 10.2. The minimum Gasteiger partial charge on any atom is -0.346 e. The minimum atomic E-state index is -0.786. The summed E-state index contributed by atoms with van der Waals surface area (Å²) in [5.41, 5.74) is 0.133. The predicted molar refractivity (Wildman–Crippen MR) is 46.0 cm³/mol. The third-order valence-electron chi connectivity index (χ3n) is 1.92. The molecule has 2 nitrogen and oxygen atoms in total. The normalized spacial score (nSPS) is 17.6. The van der Waals surface area contributed by atoms with Gasteiger partial charge in [0.05, 0.1) is 18.2 Å². The SMILES string of the molecule is Fc1cc(F)c(C2OCCO2)cc1Cl. The highest BCUT2D eigenvalue weighted by Crippen LogP contribution is 2.29. The third kappa shape index (κ3) is 1.73. The molecule has 0 unspecified atom stereocenters. The number of hydrogen-bond acceptors (Lipinski definition) is 2. The van der Waals surface area contributed by atoms with Crippen LogP contribution in [0.25, 0.3) is 0 Å². The Morgan fingerprint density at radius 1 is 1.14 bits per heavy atom. The highest BCUT2D eigenvalue weighted by atomic mass is 35.5. The van der Waals surface area contributed by atoms with E-state index in [4.69, 9.17) is 21.1 Å². The van der Waals surface area contributed by atoms with Crippen LogP contribution in [-0.2, 0) is 9.47 Å². The zero-order valence-corrected chi connectivity index (χ0v) is 7.85. The fourth-order valence-corrected chi connectivity index (χ4v) is 1.43. The summed E-state index contributed by atoms with van der Waals surface area (Å²) >= 11 is 5.51. The Bertz CT molecular complexity index is 351. The lowest BCUT2D eigenvalue weighted by Crippen LogP contribution is -2.02. The zero-order valence-electron chi connectivity index (χ0n) is 7.10. The van der Waals surface area contributed by atoms with E-state index in [1.807, 2.05) is 0 Å². The Hall–Kier alpha value is -0.710. The number of benzene rings is 1. The van der Waals surface area contributed by atoms with Crippen molar-refractivity contribution in [1.29, 1.82) is 0 Å². The second kappa shape index (κ2) is 3.81. The molecule has 76 valence electrons. The van der Waals surface area contributed by atoms with E-state index in [0.29, 0.717) is 13.2 Å². The molecule has 1 fully saturated rings. The van der Waals surface area contributed by atoms with Crippen LogP contribution in [0.2, 0.25) is 5.02 Å². The van der Waals surface area contributed by atoms with E-state index >= 15 is 0 Å². The molecule has 1 aliphatic heterocycles. The van der Waals surface area contributed by atoms with Crippen molar-refractivity contribution < 1.29 is 18.3 Å². The molecule has 5 heteroatoms. The topological polar surface area (TPSA) is 18.5 Å². The van der Waals surface area contributed by atoms with Crippen LogP contribution in [0, 0.1) is 11.6 Å². The molecular formula is C9H7ClF2O2. The Labute approximate surface area is 84.4 Å². The van der Waals surface area contributed by atoms with Crippen LogP contribution in [0.5, 0.6) is 0 Å². The molecular weight excluding hydrogens is 214 g/mol. The summed E-state index contributed by atoms with van der Waals surface area (Å²) in [7, 11) is 0. The van der Waals surface area contributed by atoms with Gasteiger partial charge in [-0.2, -0.15) is 0 Å². The molecule has 14 heavy (non-hydrogen) atoms. The molecule has 1 aliphatic rings. The Morgan fingerprint density at radius 2 is 1.79 bits per heavy atom. The van der Waals surface area contributed by atoms with Gasteiger partial charge in [0.1, 0.15) is 11.6 Å². The van der Waals surface area contributed by atoms with Gasteiger partial charge in [0.2, 0.25) is 0 Å². The second-order valence-electron chi connectivity index (χ2n) is 2.86. The molecule has 0 atom stereocenters. The van der Waals surface area contributed by atoms with E-state index in [0.717, 1.165) is 6.07 Å². The van der Waals surface area contributed by atoms with Crippen molar-refractivity contribution >= 4 is 11.6 Å². The van der Waals surface area contributed by atoms with E-state index in [1.165, 1.54) is 6.07 Å². The maximum Gasteiger partial charge on any atom is 0.186 e. The van der Waals surface area contributed by atoms with Crippen molar-refractivity contribution in [3.8, 4) is 0 Å². The van der Waals surface area contributed by atoms with Crippen LogP contribution < -0.4 is 0 Å². The molecule has 0 saturated carbocycles. The van der Waals surface area contributed by atoms with Crippen LogP contribution in [-0.4, -0.2) is 13.2 Å². The van der Waals surface area contributed by atoms with E-state index in [1.54, 1.807) is 0 Å². The predicted octanol–water partition coefficient (Wildman–Crippen LogP) is 2.66. The molecule has 1 saturated heterocycles. The Morgan fingerprint density at radius 3 is 2.43 bits per heavy atom. The summed E-state index contributed by atoms with van der Waals surface area (Å²) in [6.45, 7) is 0.804. The largest absolute Gasteiger partial charge is 0.346 e. The molecule has 0 spiro atoms. The highest BCUT2D eigenvalue weighted by molar-refractivity contribution is 6.30. The molecule has 2 rings (SSSR count). The molecule has 0 radical (unpaired) electrons. The van der Waals surface area contributed by atoms with Gasteiger partial charge in [-0.1, -0.05) is 11.6 Å². The fourth-order valence-electron chi connectivity index (χ4n) is 1.26. The Kier molecular flexibility index (Phi) is 2.67. The quantitative estimate of drug-likeness (QED) is 0.678. The standard InChI is InChI=1S/C9H7ClF2O2/c10-6-3-5(7(11)4-8(6)12)9-13-1-2-14-9/h3-4,9H,1-2H2. The van der Waals surface area contributed by atoms with Crippen LogP contribution in [0.3, 0.4) is 0 Å². The van der Waals surface area contributed by atoms with Gasteiger partial charge in [0, 0.05) is 11.6 Å². The molecule has 0 bridgehead atoms. The summed E-state index contributed by atoms with van der Waals surface area (Å²) in [5.74, 6) is -1.50. The monoisotopic (exact) mass is 220 g/mol. The van der Waals surface area contributed by atoms with Gasteiger partial charge in [-0.05, 0) is 6.07 Å². The van der Waals surface area contributed by atoms with E-state index in [9.17, 15) is 8.78 Å². The number of rotatable bonds is 1. The van der Waals surface area contributed by atoms with Gasteiger partial charge < -0.3 is 9.47 Å². The zero-order chi connectivity index (χ0) is 10.1. The molecule has 0 N–H and O–H groups in total. The van der Waals surface area contributed by atoms with Crippen molar-refractivity contribution in [3.63, 3.8) is 0 Å². The van der Waals surface area contributed by atoms with E-state index in [-0.39, 0.29) is 10.6 Å². The van der Waals surface area contributed by atoms with Crippen LogP contribution in [0.15, 0.2) is 12.1 Å². The van der Waals surface area contributed by atoms with Crippen molar-refractivity contribution in [2.75, 3.05) is 13.2 Å². The number of ether oxygens (including phenoxy) is 2. The number of hydrogen-bond donors (Lipinski definition) is 0. The molecule has 0 amide bonds. The lowest BCUT2D eigenvalue weighted by Gasteiger charge is -2.10. The van der Waals surface area contributed by atoms with Crippen molar-refractivity contribution in [1.82, 2.24) is 0 Å². The number of halogens is 3. The first-order valence-corrected chi connectivity index (χ1v) is 4.44. The van der Waals surface area contributed by atoms with Gasteiger partial charge in [0.25, 0.3) is 0 Å². The van der Waals surface area contributed by atoms with Crippen LogP contribution in [0.4, 0.5) is 8.78 Å². The summed E-state index contributed by atoms with van der Waals surface area (Å²) in [5, 5.41) is -0.138. The summed E-state index contributed by atoms with van der Waals surface area (Å²) in [6, 6.07) is 1.91. The molecule has 1 aromatic rings. The van der Waals surface area contributed by atoms with Gasteiger partial charge in [-0.3, -0.25) is 0 Å². The van der Waals surface area contributed by atoms with Gasteiger partial charge in [-0.15, -0.1) is 0 Å². The first-order chi connectivity index (χ1) is 6.68. The first kappa shape index (κ1) is 9.83. The van der Waals surface area contributed by atoms with Crippen LogP contribution in [0.1, 0.15) is 11.9 Å². The summed E-state index contributed by atoms with van der Waals surface area (Å²) < 4.78 is 36.2. The maximum absolute atomic E-state index is 13.2. The molecule has 0 aliphatic carbocycles. The van der Waals surface area contributed by atoms with Crippen molar-refractivity contribution in [2.24, 2.45) is 0 Å². The maximum atomic E-state index is 13.2. The van der Waals surface area contributed by atoms with Crippen molar-refractivity contribution in [3.05, 3.63) is 34.4 Å². The highest BCUT2D eigenvalue weighted by Gasteiger charge is 2.23. The first-order valence-electron chi connectivity index (χ1n) is 4.06. The van der Waals surface area contributed by atoms with Gasteiger partial charge in [0.15, 0.2) is 6.29 Å². The minimum absolute atomic E-state index is 0.133. The summed E-state index contributed by atoms with van der Waals surface area (Å²) in [6.07, 6.45) is -0.770.